The minimum absolute atomic E-state index is 0. The summed E-state index contributed by atoms with van der Waals surface area (Å²) in [5.74, 6) is -0.213. The number of nitrogens with one attached hydrogen (secondary N) is 1. The predicted molar refractivity (Wildman–Crippen MR) is 171 cm³/mol. The summed E-state index contributed by atoms with van der Waals surface area (Å²) in [6, 6.07) is 17.9. The smallest absolute Gasteiger partial charge is 0.387 e. The second-order valence-electron chi connectivity index (χ2n) is 12.3. The van der Waals surface area contributed by atoms with Gasteiger partial charge < -0.3 is 9.84 Å². The van der Waals surface area contributed by atoms with E-state index in [0.29, 0.717) is 18.9 Å². The van der Waals surface area contributed by atoms with Crippen LogP contribution in [0.15, 0.2) is 74.9 Å². The topological polar surface area (TPSA) is 128 Å². The minimum atomic E-state index is -0.611. The van der Waals surface area contributed by atoms with Crippen LogP contribution in [0.3, 0.4) is 0 Å². The fraction of sp³-hybridized carbons (Fsp3) is 0.412. The number of aliphatic hydroxyl groups is 1. The Kier molecular flexibility index (Phi) is 9.77. The molecule has 2 saturated carbocycles. The van der Waals surface area contributed by atoms with E-state index in [1.165, 1.54) is 0 Å². The van der Waals surface area contributed by atoms with Crippen molar-refractivity contribution >= 4 is 57.0 Å². The number of nitrogens with zero attached hydrogens (tertiary/aromatic N) is 4. The standard InChI is InChI=1S/C34H37N5O5.K/c1-2-5-29-28(20-22-8-10-23(11-9-22)26-6-3-4-7-27(26)31-36-33(41)44-37-31)32(40)38(30-16-19-35-39(29)30)24-12-14-25(15-13-24)43-21-34(42)17-18-34;/h3-4,6-11,16,19,24-25,42H,2,5,12-15,17-18,20-21H2,1H3,(H,36,37,41);. The van der Waals surface area contributed by atoms with E-state index in [2.05, 4.69) is 34.3 Å². The van der Waals surface area contributed by atoms with Crippen molar-refractivity contribution in [1.82, 2.24) is 24.3 Å². The van der Waals surface area contributed by atoms with Crippen LogP contribution in [0, 0.1) is 0 Å². The number of hydrogen-bond acceptors (Lipinski definition) is 7. The quantitative estimate of drug-likeness (QED) is 0.213. The number of benzene rings is 2. The number of aromatic nitrogens is 5. The SMILES string of the molecule is CCCc1c(Cc2ccc(-c3ccccc3-c3noc(=O)[nH]3)cc2)c(=O)n(C2CCC(OCC3(O)CC3)CC2)c2ccnn12.[K]. The molecule has 2 fully saturated rings. The third kappa shape index (κ3) is 6.76. The Balaban J connectivity index is 0.00000357. The summed E-state index contributed by atoms with van der Waals surface area (Å²) in [5, 5.41) is 18.7. The molecular formula is C34H37KN5O5. The first kappa shape index (κ1) is 32.3. The summed E-state index contributed by atoms with van der Waals surface area (Å²) >= 11 is 0. The maximum Gasteiger partial charge on any atom is 0.439 e. The first-order chi connectivity index (χ1) is 21.4. The average Bonchev–Trinajstić information content (AvgIpc) is 3.37. The maximum atomic E-state index is 14.3. The fourth-order valence-electron chi connectivity index (χ4n) is 6.54. The molecule has 3 heterocycles. The fourth-order valence-corrected chi connectivity index (χ4v) is 6.54. The number of rotatable bonds is 10. The van der Waals surface area contributed by atoms with Gasteiger partial charge in [-0.25, -0.2) is 9.31 Å². The number of ether oxygens (including phenoxy) is 1. The van der Waals surface area contributed by atoms with Crippen LogP contribution < -0.4 is 11.3 Å². The predicted octanol–water partition coefficient (Wildman–Crippen LogP) is 4.69. The van der Waals surface area contributed by atoms with Crippen LogP contribution in [0.1, 0.15) is 74.7 Å². The molecule has 2 aliphatic rings. The molecule has 229 valence electrons. The number of hydrogen-bond donors (Lipinski definition) is 2. The molecule has 0 amide bonds. The van der Waals surface area contributed by atoms with Crippen LogP contribution in [-0.2, 0) is 17.6 Å². The summed E-state index contributed by atoms with van der Waals surface area (Å²) in [6.07, 6.45) is 9.15. The van der Waals surface area contributed by atoms with E-state index in [0.717, 1.165) is 90.5 Å². The van der Waals surface area contributed by atoms with E-state index in [4.69, 9.17) is 9.26 Å². The molecule has 0 atom stereocenters. The van der Waals surface area contributed by atoms with Gasteiger partial charge in [-0.1, -0.05) is 67.0 Å². The van der Waals surface area contributed by atoms with E-state index in [1.807, 2.05) is 51.5 Å². The molecule has 10 nitrogen and oxygen atoms in total. The van der Waals surface area contributed by atoms with Gasteiger partial charge in [0.1, 0.15) is 5.65 Å². The van der Waals surface area contributed by atoms with Gasteiger partial charge in [-0.15, -0.1) is 0 Å². The van der Waals surface area contributed by atoms with Crippen molar-refractivity contribution in [2.45, 2.75) is 82.5 Å². The van der Waals surface area contributed by atoms with Gasteiger partial charge in [-0.05, 0) is 61.6 Å². The van der Waals surface area contributed by atoms with Crippen LogP contribution in [0.2, 0.25) is 0 Å². The molecule has 0 aliphatic heterocycles. The van der Waals surface area contributed by atoms with E-state index in [-0.39, 0.29) is 69.1 Å². The largest absolute Gasteiger partial charge is 0.439 e. The van der Waals surface area contributed by atoms with Crippen molar-refractivity contribution in [3.05, 3.63) is 98.5 Å². The van der Waals surface area contributed by atoms with E-state index in [1.54, 1.807) is 6.20 Å². The Morgan fingerprint density at radius 1 is 1.02 bits per heavy atom. The zero-order valence-electron chi connectivity index (χ0n) is 25.9. The molecular weight excluding hydrogens is 598 g/mol. The number of aromatic amines is 1. The minimum Gasteiger partial charge on any atom is -0.387 e. The summed E-state index contributed by atoms with van der Waals surface area (Å²) in [7, 11) is 0. The number of H-pyrrole nitrogens is 1. The average molecular weight is 635 g/mol. The van der Waals surface area contributed by atoms with Gasteiger partial charge in [-0.3, -0.25) is 18.9 Å². The van der Waals surface area contributed by atoms with Crippen LogP contribution in [0.5, 0.6) is 0 Å². The Morgan fingerprint density at radius 2 is 1.76 bits per heavy atom. The first-order valence-electron chi connectivity index (χ1n) is 15.6. The monoisotopic (exact) mass is 634 g/mol. The maximum absolute atomic E-state index is 14.3. The van der Waals surface area contributed by atoms with Crippen LogP contribution in [0.25, 0.3) is 28.2 Å². The van der Waals surface area contributed by atoms with E-state index in [9.17, 15) is 14.7 Å². The Labute approximate surface area is 303 Å². The molecule has 3 aromatic heterocycles. The van der Waals surface area contributed by atoms with Gasteiger partial charge in [0.15, 0.2) is 5.82 Å². The third-order valence-electron chi connectivity index (χ3n) is 9.13. The van der Waals surface area contributed by atoms with Gasteiger partial charge in [0.05, 0.1) is 30.2 Å². The normalized spacial score (nSPS) is 19.0. The number of aryl methyl sites for hydroxylation is 1. The second-order valence-corrected chi connectivity index (χ2v) is 12.3. The summed E-state index contributed by atoms with van der Waals surface area (Å²) in [6.45, 7) is 2.54. The molecule has 0 saturated heterocycles. The summed E-state index contributed by atoms with van der Waals surface area (Å²) < 4.78 is 14.7. The van der Waals surface area contributed by atoms with E-state index < -0.39 is 11.4 Å². The number of fused-ring (bicyclic) bond motifs is 1. The Bertz CT molecular complexity index is 1890. The van der Waals surface area contributed by atoms with Gasteiger partial charge in [-0.2, -0.15) is 5.10 Å². The van der Waals surface area contributed by atoms with Crippen LogP contribution >= 0.6 is 0 Å². The zero-order valence-corrected chi connectivity index (χ0v) is 29.0. The molecule has 2 aromatic carbocycles. The van der Waals surface area contributed by atoms with Crippen LogP contribution in [-0.4, -0.2) is 99.1 Å². The van der Waals surface area contributed by atoms with Gasteiger partial charge in [0.25, 0.3) is 5.56 Å². The molecule has 2 aliphatic carbocycles. The summed E-state index contributed by atoms with van der Waals surface area (Å²) in [5.41, 5.74) is 5.73. The molecule has 45 heavy (non-hydrogen) atoms. The Hall–Kier alpha value is -2.64. The molecule has 5 aromatic rings. The van der Waals surface area contributed by atoms with Gasteiger partial charge in [0.2, 0.25) is 0 Å². The van der Waals surface area contributed by atoms with Crippen molar-refractivity contribution in [2.24, 2.45) is 0 Å². The summed E-state index contributed by atoms with van der Waals surface area (Å²) in [4.78, 5) is 28.5. The molecule has 1 radical (unpaired) electrons. The molecule has 11 heteroatoms. The van der Waals surface area contributed by atoms with Crippen molar-refractivity contribution < 1.29 is 14.4 Å². The molecule has 2 N–H and O–H groups in total. The Morgan fingerprint density at radius 3 is 2.42 bits per heavy atom. The van der Waals surface area contributed by atoms with E-state index >= 15 is 0 Å². The second kappa shape index (κ2) is 13.6. The van der Waals surface area contributed by atoms with Crippen molar-refractivity contribution in [1.29, 1.82) is 0 Å². The van der Waals surface area contributed by atoms with Crippen molar-refractivity contribution in [2.75, 3.05) is 6.61 Å². The molecule has 7 rings (SSSR count). The molecule has 0 spiro atoms. The van der Waals surface area contributed by atoms with Gasteiger partial charge in [0, 0.05) is 81.0 Å². The zero-order chi connectivity index (χ0) is 30.3. The first-order valence-corrected chi connectivity index (χ1v) is 15.6. The molecule has 0 bridgehead atoms. The van der Waals surface area contributed by atoms with Crippen molar-refractivity contribution in [3.63, 3.8) is 0 Å². The van der Waals surface area contributed by atoms with Crippen molar-refractivity contribution in [3.8, 4) is 22.5 Å². The molecule has 0 unspecified atom stereocenters. The van der Waals surface area contributed by atoms with Crippen LogP contribution in [0.4, 0.5) is 0 Å². The van der Waals surface area contributed by atoms with Gasteiger partial charge >= 0.3 is 5.76 Å². The third-order valence-corrected chi connectivity index (χ3v) is 9.13.